The number of nitro groups is 1. The van der Waals surface area contributed by atoms with Crippen LogP contribution in [0.25, 0.3) is 0 Å². The van der Waals surface area contributed by atoms with Gasteiger partial charge in [-0.15, -0.1) is 0 Å². The molecule has 0 aliphatic rings. The van der Waals surface area contributed by atoms with E-state index < -0.39 is 4.92 Å². The fraction of sp³-hybridized carbons (Fsp3) is 0.214. The molecule has 0 N–H and O–H groups in total. The molecule has 1 amide bonds. The molecule has 0 saturated heterocycles. The van der Waals surface area contributed by atoms with E-state index in [1.807, 2.05) is 19.1 Å². The van der Waals surface area contributed by atoms with Gasteiger partial charge in [-0.1, -0.05) is 35.1 Å². The Labute approximate surface area is 130 Å². The van der Waals surface area contributed by atoms with Crippen LogP contribution in [0.3, 0.4) is 0 Å². The van der Waals surface area contributed by atoms with Crippen molar-refractivity contribution in [1.29, 1.82) is 0 Å². The number of hydrogen-bond acceptors (Lipinski definition) is 4. The lowest BCUT2D eigenvalue weighted by Gasteiger charge is -2.24. The van der Waals surface area contributed by atoms with Gasteiger partial charge in [0.05, 0.1) is 15.8 Å². The normalized spacial score (nSPS) is 12.0. The molecule has 1 aromatic carbocycles. The van der Waals surface area contributed by atoms with Crippen LogP contribution in [0.4, 0.5) is 5.00 Å². The number of hydrogen-bond donors (Lipinski definition) is 0. The van der Waals surface area contributed by atoms with Gasteiger partial charge in [0.2, 0.25) is 0 Å². The molecule has 1 aromatic heterocycles. The van der Waals surface area contributed by atoms with Crippen molar-refractivity contribution in [2.24, 2.45) is 0 Å². The van der Waals surface area contributed by atoms with Crippen molar-refractivity contribution in [3.8, 4) is 0 Å². The molecular formula is C14H13ClN2O3S. The molecule has 0 aliphatic heterocycles. The van der Waals surface area contributed by atoms with Gasteiger partial charge in [-0.25, -0.2) is 0 Å². The van der Waals surface area contributed by atoms with Crippen LogP contribution >= 0.6 is 22.9 Å². The van der Waals surface area contributed by atoms with Gasteiger partial charge in [-0.05, 0) is 30.7 Å². The number of carbonyl (C=O) groups excluding carboxylic acids is 1. The minimum Gasteiger partial charge on any atom is -0.334 e. The average Bonchev–Trinajstić information content (AvgIpc) is 2.96. The van der Waals surface area contributed by atoms with E-state index in [0.29, 0.717) is 9.90 Å². The lowest BCUT2D eigenvalue weighted by atomic mass is 10.1. The Bertz CT molecular complexity index is 669. The molecule has 0 bridgehead atoms. The molecule has 0 saturated carbocycles. The Morgan fingerprint density at radius 1 is 1.29 bits per heavy atom. The van der Waals surface area contributed by atoms with Gasteiger partial charge >= 0.3 is 5.00 Å². The van der Waals surface area contributed by atoms with E-state index in [-0.39, 0.29) is 17.0 Å². The Hall–Kier alpha value is -1.92. The SMILES string of the molecule is C[C@@H](c1ccc(Cl)cc1)N(C)C(=O)c1ccc([N+](=O)[O-])s1. The van der Waals surface area contributed by atoms with Gasteiger partial charge in [0.15, 0.2) is 0 Å². The van der Waals surface area contributed by atoms with Gasteiger partial charge in [-0.2, -0.15) is 0 Å². The second kappa shape index (κ2) is 6.24. The maximum Gasteiger partial charge on any atom is 0.324 e. The van der Waals surface area contributed by atoms with Crippen molar-refractivity contribution in [2.75, 3.05) is 7.05 Å². The zero-order chi connectivity index (χ0) is 15.6. The van der Waals surface area contributed by atoms with E-state index in [1.54, 1.807) is 24.1 Å². The zero-order valence-corrected chi connectivity index (χ0v) is 13.0. The van der Waals surface area contributed by atoms with Gasteiger partial charge in [0, 0.05) is 18.1 Å². The molecule has 1 atom stereocenters. The van der Waals surface area contributed by atoms with Gasteiger partial charge in [-0.3, -0.25) is 14.9 Å². The Kier molecular flexibility index (Phi) is 4.59. The monoisotopic (exact) mass is 324 g/mol. The number of carbonyl (C=O) groups is 1. The summed E-state index contributed by atoms with van der Waals surface area (Å²) in [5.41, 5.74) is 0.946. The number of benzene rings is 1. The van der Waals surface area contributed by atoms with Crippen molar-refractivity contribution >= 4 is 33.8 Å². The first-order chi connectivity index (χ1) is 9.90. The first-order valence-corrected chi connectivity index (χ1v) is 7.36. The summed E-state index contributed by atoms with van der Waals surface area (Å²) in [6, 6.07) is 9.91. The molecule has 5 nitrogen and oxygen atoms in total. The first kappa shape index (κ1) is 15.5. The smallest absolute Gasteiger partial charge is 0.324 e. The van der Waals surface area contributed by atoms with Crippen molar-refractivity contribution in [3.05, 3.63) is 62.0 Å². The van der Waals surface area contributed by atoms with Gasteiger partial charge in [0.1, 0.15) is 0 Å². The van der Waals surface area contributed by atoms with Crippen LogP contribution in [0, 0.1) is 10.1 Å². The summed E-state index contributed by atoms with van der Waals surface area (Å²) < 4.78 is 0. The lowest BCUT2D eigenvalue weighted by Crippen LogP contribution is -2.29. The van der Waals surface area contributed by atoms with E-state index in [0.717, 1.165) is 16.9 Å². The highest BCUT2D eigenvalue weighted by atomic mass is 35.5. The van der Waals surface area contributed by atoms with Crippen molar-refractivity contribution in [3.63, 3.8) is 0 Å². The predicted molar refractivity (Wildman–Crippen MR) is 82.9 cm³/mol. The maximum absolute atomic E-state index is 12.3. The number of amides is 1. The summed E-state index contributed by atoms with van der Waals surface area (Å²) in [4.78, 5) is 24.4. The van der Waals surface area contributed by atoms with Crippen molar-refractivity contribution in [2.45, 2.75) is 13.0 Å². The molecule has 0 unspecified atom stereocenters. The number of nitrogens with zero attached hydrogens (tertiary/aromatic N) is 2. The lowest BCUT2D eigenvalue weighted by molar-refractivity contribution is -0.380. The van der Waals surface area contributed by atoms with Gasteiger partial charge < -0.3 is 4.90 Å². The zero-order valence-electron chi connectivity index (χ0n) is 11.4. The highest BCUT2D eigenvalue weighted by Crippen LogP contribution is 2.28. The summed E-state index contributed by atoms with van der Waals surface area (Å²) in [5, 5.41) is 11.3. The van der Waals surface area contributed by atoms with E-state index in [2.05, 4.69) is 0 Å². The molecule has 0 aliphatic carbocycles. The van der Waals surface area contributed by atoms with Crippen LogP contribution in [0.2, 0.25) is 5.02 Å². The van der Waals surface area contributed by atoms with Crippen LogP contribution < -0.4 is 0 Å². The third kappa shape index (κ3) is 3.40. The third-order valence-corrected chi connectivity index (χ3v) is 4.51. The first-order valence-electron chi connectivity index (χ1n) is 6.17. The maximum atomic E-state index is 12.3. The Morgan fingerprint density at radius 3 is 2.43 bits per heavy atom. The van der Waals surface area contributed by atoms with Crippen LogP contribution in [0.5, 0.6) is 0 Å². The molecule has 0 spiro atoms. The highest BCUT2D eigenvalue weighted by molar-refractivity contribution is 7.17. The molecular weight excluding hydrogens is 312 g/mol. The third-order valence-electron chi connectivity index (χ3n) is 3.24. The van der Waals surface area contributed by atoms with Crippen LogP contribution in [-0.2, 0) is 0 Å². The highest BCUT2D eigenvalue weighted by Gasteiger charge is 2.22. The largest absolute Gasteiger partial charge is 0.334 e. The van der Waals surface area contributed by atoms with E-state index >= 15 is 0 Å². The topological polar surface area (TPSA) is 63.5 Å². The average molecular weight is 325 g/mol. The predicted octanol–water partition coefficient (Wildman–Crippen LogP) is 4.14. The second-order valence-electron chi connectivity index (χ2n) is 4.54. The van der Waals surface area contributed by atoms with E-state index in [4.69, 9.17) is 11.6 Å². The van der Waals surface area contributed by atoms with Gasteiger partial charge in [0.25, 0.3) is 5.91 Å². The van der Waals surface area contributed by atoms with Crippen molar-refractivity contribution < 1.29 is 9.72 Å². The number of thiophene rings is 1. The fourth-order valence-corrected chi connectivity index (χ4v) is 2.78. The van der Waals surface area contributed by atoms with Crippen LogP contribution in [-0.4, -0.2) is 22.8 Å². The molecule has 2 aromatic rings. The van der Waals surface area contributed by atoms with Crippen molar-refractivity contribution in [1.82, 2.24) is 4.90 Å². The summed E-state index contributed by atoms with van der Waals surface area (Å²) in [6.45, 7) is 1.89. The molecule has 7 heteroatoms. The quantitative estimate of drug-likeness (QED) is 0.627. The van der Waals surface area contributed by atoms with Crippen LogP contribution in [0.1, 0.15) is 28.2 Å². The Balaban J connectivity index is 2.17. The minimum atomic E-state index is -0.496. The summed E-state index contributed by atoms with van der Waals surface area (Å²) >= 11 is 6.73. The standard InChI is InChI=1S/C14H13ClN2O3S/c1-9(10-3-5-11(15)6-4-10)16(2)14(18)12-7-8-13(21-12)17(19)20/h3-9H,1-2H3/t9-/m0/s1. The second-order valence-corrected chi connectivity index (χ2v) is 6.04. The summed E-state index contributed by atoms with van der Waals surface area (Å²) in [5.74, 6) is -0.240. The van der Waals surface area contributed by atoms with E-state index in [9.17, 15) is 14.9 Å². The number of rotatable bonds is 4. The number of halogens is 1. The molecule has 0 fully saturated rings. The van der Waals surface area contributed by atoms with Crippen LogP contribution in [0.15, 0.2) is 36.4 Å². The minimum absolute atomic E-state index is 0.0362. The molecule has 110 valence electrons. The molecule has 2 rings (SSSR count). The Morgan fingerprint density at radius 2 is 1.90 bits per heavy atom. The molecule has 1 heterocycles. The summed E-state index contributed by atoms with van der Waals surface area (Å²) in [7, 11) is 1.67. The fourth-order valence-electron chi connectivity index (χ4n) is 1.86. The van der Waals surface area contributed by atoms with E-state index in [1.165, 1.54) is 12.1 Å². The molecule has 0 radical (unpaired) electrons. The molecule has 21 heavy (non-hydrogen) atoms. The summed E-state index contributed by atoms with van der Waals surface area (Å²) in [6.07, 6.45) is 0.